The van der Waals surface area contributed by atoms with Gasteiger partial charge in [-0.25, -0.2) is 4.79 Å². The van der Waals surface area contributed by atoms with Gasteiger partial charge in [-0.1, -0.05) is 66.7 Å². The number of allylic oxidation sites excluding steroid dienone is 1. The Morgan fingerprint density at radius 1 is 0.947 bits per heavy atom. The van der Waals surface area contributed by atoms with Crippen molar-refractivity contribution in [3.05, 3.63) is 107 Å². The Hall–Kier alpha value is -4.79. The van der Waals surface area contributed by atoms with E-state index in [0.29, 0.717) is 41.5 Å². The van der Waals surface area contributed by atoms with Crippen LogP contribution in [0.25, 0.3) is 0 Å². The van der Waals surface area contributed by atoms with Crippen LogP contribution in [0.2, 0.25) is 0 Å². The smallest absolute Gasteiger partial charge is 0.319 e. The standard InChI is InChI=1S/C27H27N3O4.C2H4O2/c1-18-24(26(31)28-16-19-9-5-3-6-10-19)25(30-27(32)29-18)21-13-14-22(23(15-21)33-2)34-17-20-11-7-4-8-12-20;1-2(3)4/h3-15,25H,16-17H2,1-2H3,(H,28,31)(H2,29,30,32);1H3,(H,3,4). The van der Waals surface area contributed by atoms with Crippen LogP contribution < -0.4 is 25.4 Å². The van der Waals surface area contributed by atoms with Gasteiger partial charge in [-0.2, -0.15) is 0 Å². The van der Waals surface area contributed by atoms with E-state index in [2.05, 4.69) is 16.0 Å². The summed E-state index contributed by atoms with van der Waals surface area (Å²) in [6, 6.07) is 23.9. The highest BCUT2D eigenvalue weighted by atomic mass is 16.5. The summed E-state index contributed by atoms with van der Waals surface area (Å²) in [6.45, 7) is 3.58. The van der Waals surface area contributed by atoms with Gasteiger partial charge in [0.1, 0.15) is 6.61 Å². The average Bonchev–Trinajstić information content (AvgIpc) is 2.91. The number of aliphatic carboxylic acids is 1. The molecule has 0 saturated heterocycles. The molecule has 0 aromatic heterocycles. The molecule has 0 saturated carbocycles. The number of ether oxygens (including phenoxy) is 2. The summed E-state index contributed by atoms with van der Waals surface area (Å²) in [6.07, 6.45) is 0. The Morgan fingerprint density at radius 3 is 2.16 bits per heavy atom. The van der Waals surface area contributed by atoms with Gasteiger partial charge in [-0.3, -0.25) is 9.59 Å². The molecule has 3 amide bonds. The molecule has 1 aliphatic heterocycles. The van der Waals surface area contributed by atoms with E-state index >= 15 is 0 Å². The number of rotatable bonds is 8. The number of hydrogen-bond donors (Lipinski definition) is 4. The molecule has 1 heterocycles. The highest BCUT2D eigenvalue weighted by Crippen LogP contribution is 2.34. The Labute approximate surface area is 221 Å². The van der Waals surface area contributed by atoms with Crippen LogP contribution in [0, 0.1) is 0 Å². The van der Waals surface area contributed by atoms with Crippen molar-refractivity contribution in [1.29, 1.82) is 0 Å². The number of methoxy groups -OCH3 is 1. The topological polar surface area (TPSA) is 126 Å². The van der Waals surface area contributed by atoms with Crippen LogP contribution in [0.1, 0.15) is 36.6 Å². The molecule has 0 fully saturated rings. The number of carboxylic acid groups (broad SMARTS) is 1. The molecule has 38 heavy (non-hydrogen) atoms. The summed E-state index contributed by atoms with van der Waals surface area (Å²) in [5.41, 5.74) is 3.68. The fourth-order valence-electron chi connectivity index (χ4n) is 3.84. The number of carboxylic acids is 1. The molecule has 0 spiro atoms. The third-order valence-electron chi connectivity index (χ3n) is 5.57. The van der Waals surface area contributed by atoms with Crippen LogP contribution in [-0.4, -0.2) is 30.1 Å². The summed E-state index contributed by atoms with van der Waals surface area (Å²) in [5.74, 6) is -0.00345. The van der Waals surface area contributed by atoms with E-state index in [1.165, 1.54) is 0 Å². The highest BCUT2D eigenvalue weighted by molar-refractivity contribution is 5.98. The molecule has 0 aliphatic carbocycles. The van der Waals surface area contributed by atoms with Gasteiger partial charge in [0.2, 0.25) is 0 Å². The van der Waals surface area contributed by atoms with E-state index in [1.54, 1.807) is 26.2 Å². The van der Waals surface area contributed by atoms with E-state index in [0.717, 1.165) is 18.1 Å². The zero-order chi connectivity index (χ0) is 27.5. The quantitative estimate of drug-likeness (QED) is 0.353. The van der Waals surface area contributed by atoms with Crippen LogP contribution in [0.15, 0.2) is 90.1 Å². The molecule has 3 aromatic carbocycles. The number of amides is 3. The molecule has 4 rings (SSSR count). The average molecular weight is 518 g/mol. The molecular weight excluding hydrogens is 486 g/mol. The summed E-state index contributed by atoms with van der Waals surface area (Å²) in [7, 11) is 1.56. The lowest BCUT2D eigenvalue weighted by molar-refractivity contribution is -0.134. The lowest BCUT2D eigenvalue weighted by Crippen LogP contribution is -2.46. The fourth-order valence-corrected chi connectivity index (χ4v) is 3.84. The van der Waals surface area contributed by atoms with Crippen molar-refractivity contribution in [3.63, 3.8) is 0 Å². The van der Waals surface area contributed by atoms with Crippen molar-refractivity contribution in [2.24, 2.45) is 0 Å². The first-order chi connectivity index (χ1) is 18.3. The first kappa shape index (κ1) is 27.8. The minimum absolute atomic E-state index is 0.262. The normalized spacial score (nSPS) is 14.3. The Bertz CT molecular complexity index is 1290. The predicted octanol–water partition coefficient (Wildman–Crippen LogP) is 4.31. The highest BCUT2D eigenvalue weighted by Gasteiger charge is 2.31. The molecular formula is C29H31N3O6. The van der Waals surface area contributed by atoms with Gasteiger partial charge in [-0.05, 0) is 35.7 Å². The molecule has 9 heteroatoms. The maximum Gasteiger partial charge on any atom is 0.319 e. The van der Waals surface area contributed by atoms with E-state index in [4.69, 9.17) is 19.4 Å². The SMILES string of the molecule is CC(=O)O.COc1cc(C2NC(=O)NC(C)=C2C(=O)NCc2ccccc2)ccc1OCc1ccccc1. The van der Waals surface area contributed by atoms with Gasteiger partial charge < -0.3 is 30.5 Å². The van der Waals surface area contributed by atoms with Gasteiger partial charge >= 0.3 is 6.03 Å². The largest absolute Gasteiger partial charge is 0.493 e. The second kappa shape index (κ2) is 13.5. The Balaban J connectivity index is 0.000000934. The van der Waals surface area contributed by atoms with Crippen molar-refractivity contribution in [2.75, 3.05) is 7.11 Å². The van der Waals surface area contributed by atoms with Crippen molar-refractivity contribution >= 4 is 17.9 Å². The number of carbonyl (C=O) groups excluding carboxylic acids is 2. The molecule has 1 unspecified atom stereocenters. The molecule has 1 atom stereocenters. The monoisotopic (exact) mass is 517 g/mol. The third kappa shape index (κ3) is 7.86. The number of carbonyl (C=O) groups is 3. The molecule has 3 aromatic rings. The van der Waals surface area contributed by atoms with Crippen molar-refractivity contribution in [1.82, 2.24) is 16.0 Å². The van der Waals surface area contributed by atoms with Crippen LogP contribution in [0.4, 0.5) is 4.79 Å². The van der Waals surface area contributed by atoms with Crippen molar-refractivity contribution < 1.29 is 29.0 Å². The number of benzene rings is 3. The number of urea groups is 1. The van der Waals surface area contributed by atoms with Gasteiger partial charge in [0.15, 0.2) is 11.5 Å². The predicted molar refractivity (Wildman–Crippen MR) is 142 cm³/mol. The van der Waals surface area contributed by atoms with Crippen molar-refractivity contribution in [3.8, 4) is 11.5 Å². The molecule has 0 radical (unpaired) electrons. The van der Waals surface area contributed by atoms with Crippen LogP contribution in [0.3, 0.4) is 0 Å². The van der Waals surface area contributed by atoms with Crippen molar-refractivity contribution in [2.45, 2.75) is 33.0 Å². The summed E-state index contributed by atoms with van der Waals surface area (Å²) < 4.78 is 11.5. The number of nitrogens with one attached hydrogen (secondary N) is 3. The summed E-state index contributed by atoms with van der Waals surface area (Å²) >= 11 is 0. The lowest BCUT2D eigenvalue weighted by Gasteiger charge is -2.29. The van der Waals surface area contributed by atoms with Gasteiger partial charge in [-0.15, -0.1) is 0 Å². The second-order valence-corrected chi connectivity index (χ2v) is 8.44. The van der Waals surface area contributed by atoms with Crippen LogP contribution in [0.5, 0.6) is 11.5 Å². The van der Waals surface area contributed by atoms with Gasteiger partial charge in [0.25, 0.3) is 11.9 Å². The second-order valence-electron chi connectivity index (χ2n) is 8.44. The molecule has 9 nitrogen and oxygen atoms in total. The molecule has 0 bridgehead atoms. The summed E-state index contributed by atoms with van der Waals surface area (Å²) in [4.78, 5) is 34.4. The van der Waals surface area contributed by atoms with Crippen LogP contribution in [-0.2, 0) is 22.7 Å². The third-order valence-corrected chi connectivity index (χ3v) is 5.57. The molecule has 4 N–H and O–H groups in total. The van der Waals surface area contributed by atoms with Crippen LogP contribution >= 0.6 is 0 Å². The fraction of sp³-hybridized carbons (Fsp3) is 0.207. The minimum Gasteiger partial charge on any atom is -0.493 e. The Morgan fingerprint density at radius 2 is 1.55 bits per heavy atom. The number of hydrogen-bond acceptors (Lipinski definition) is 5. The Kier molecular flexibility index (Phi) is 9.87. The first-order valence-electron chi connectivity index (χ1n) is 11.9. The minimum atomic E-state index is -0.833. The van der Waals surface area contributed by atoms with Gasteiger partial charge in [0, 0.05) is 19.2 Å². The molecule has 1 aliphatic rings. The lowest BCUT2D eigenvalue weighted by atomic mass is 9.94. The first-order valence-corrected chi connectivity index (χ1v) is 11.9. The van der Waals surface area contributed by atoms with E-state index < -0.39 is 12.0 Å². The van der Waals surface area contributed by atoms with Gasteiger partial charge in [0.05, 0.1) is 18.7 Å². The maximum atomic E-state index is 13.1. The maximum absolute atomic E-state index is 13.1. The molecule has 198 valence electrons. The summed E-state index contributed by atoms with van der Waals surface area (Å²) in [5, 5.41) is 15.9. The van der Waals surface area contributed by atoms with E-state index in [9.17, 15) is 9.59 Å². The zero-order valence-corrected chi connectivity index (χ0v) is 21.5. The van der Waals surface area contributed by atoms with E-state index in [-0.39, 0.29) is 11.9 Å². The van der Waals surface area contributed by atoms with E-state index in [1.807, 2.05) is 66.7 Å². The zero-order valence-electron chi connectivity index (χ0n) is 21.5.